The first kappa shape index (κ1) is 15.7. The fourth-order valence-electron chi connectivity index (χ4n) is 2.43. The van der Waals surface area contributed by atoms with Gasteiger partial charge in [-0.15, -0.1) is 0 Å². The number of amides is 1. The van der Waals surface area contributed by atoms with Gasteiger partial charge < -0.3 is 0 Å². The number of nitrogens with zero attached hydrogens (tertiary/aromatic N) is 2. The van der Waals surface area contributed by atoms with Gasteiger partial charge in [0.05, 0.1) is 11.4 Å². The highest BCUT2D eigenvalue weighted by Crippen LogP contribution is 2.22. The molecule has 1 heterocycles. The van der Waals surface area contributed by atoms with E-state index in [4.69, 9.17) is 0 Å². The van der Waals surface area contributed by atoms with Crippen LogP contribution in [0.2, 0.25) is 0 Å². The number of hydrazone groups is 1. The Bertz CT molecular complexity index is 867. The van der Waals surface area contributed by atoms with Crippen molar-refractivity contribution in [3.8, 4) is 11.3 Å². The largest absolute Gasteiger partial charge is 0.289 e. The van der Waals surface area contributed by atoms with Gasteiger partial charge in [0.25, 0.3) is 5.91 Å². The lowest BCUT2D eigenvalue weighted by molar-refractivity contribution is 0.0949. The first-order chi connectivity index (χ1) is 11.7. The summed E-state index contributed by atoms with van der Waals surface area (Å²) in [7, 11) is 0. The SMILES string of the molecule is C/C(=N/NC(=O)c1[nH]nc(-c2ccccc2)c1C)c1ccccc1. The van der Waals surface area contributed by atoms with Crippen LogP contribution in [-0.4, -0.2) is 21.8 Å². The van der Waals surface area contributed by atoms with Gasteiger partial charge >= 0.3 is 0 Å². The minimum atomic E-state index is -0.308. The molecule has 0 atom stereocenters. The quantitative estimate of drug-likeness (QED) is 0.570. The zero-order valence-corrected chi connectivity index (χ0v) is 13.6. The maximum atomic E-state index is 12.4. The predicted molar refractivity (Wildman–Crippen MR) is 94.9 cm³/mol. The number of rotatable bonds is 4. The second-order valence-electron chi connectivity index (χ2n) is 5.44. The molecule has 0 fully saturated rings. The Hall–Kier alpha value is -3.21. The second-order valence-corrected chi connectivity index (χ2v) is 5.44. The standard InChI is InChI=1S/C19H18N4O/c1-13-17(16-11-7-4-8-12-16)21-22-18(13)19(24)23-20-14(2)15-9-5-3-6-10-15/h3-12H,1-2H3,(H,21,22)(H,23,24)/b20-14-. The van der Waals surface area contributed by atoms with Gasteiger partial charge in [0.1, 0.15) is 5.69 Å². The van der Waals surface area contributed by atoms with E-state index in [0.29, 0.717) is 5.69 Å². The number of hydrogen-bond donors (Lipinski definition) is 2. The van der Waals surface area contributed by atoms with Crippen molar-refractivity contribution in [3.63, 3.8) is 0 Å². The molecule has 5 nitrogen and oxygen atoms in total. The van der Waals surface area contributed by atoms with Crippen molar-refractivity contribution in [2.24, 2.45) is 5.10 Å². The van der Waals surface area contributed by atoms with Crippen LogP contribution < -0.4 is 5.43 Å². The van der Waals surface area contributed by atoms with E-state index in [9.17, 15) is 4.79 Å². The Morgan fingerprint density at radius 1 is 1.04 bits per heavy atom. The van der Waals surface area contributed by atoms with E-state index in [1.54, 1.807) is 0 Å². The van der Waals surface area contributed by atoms with Crippen LogP contribution in [0.3, 0.4) is 0 Å². The van der Waals surface area contributed by atoms with Crippen LogP contribution in [0.1, 0.15) is 28.5 Å². The monoisotopic (exact) mass is 318 g/mol. The van der Waals surface area contributed by atoms with Gasteiger partial charge in [0, 0.05) is 11.1 Å². The van der Waals surface area contributed by atoms with Crippen LogP contribution in [0.5, 0.6) is 0 Å². The fourth-order valence-corrected chi connectivity index (χ4v) is 2.43. The summed E-state index contributed by atoms with van der Waals surface area (Å²) < 4.78 is 0. The van der Waals surface area contributed by atoms with Crippen molar-refractivity contribution in [2.75, 3.05) is 0 Å². The number of carbonyl (C=O) groups excluding carboxylic acids is 1. The average Bonchev–Trinajstić information content (AvgIpc) is 3.02. The lowest BCUT2D eigenvalue weighted by atomic mass is 10.1. The number of hydrogen-bond acceptors (Lipinski definition) is 3. The molecule has 24 heavy (non-hydrogen) atoms. The van der Waals surface area contributed by atoms with Gasteiger partial charge in [-0.3, -0.25) is 9.89 Å². The van der Waals surface area contributed by atoms with Crippen LogP contribution >= 0.6 is 0 Å². The summed E-state index contributed by atoms with van der Waals surface area (Å²) in [6.45, 7) is 3.72. The minimum absolute atomic E-state index is 0.308. The molecule has 0 spiro atoms. The van der Waals surface area contributed by atoms with Crippen molar-refractivity contribution in [1.82, 2.24) is 15.6 Å². The molecule has 0 unspecified atom stereocenters. The third-order valence-electron chi connectivity index (χ3n) is 3.80. The molecule has 3 aromatic rings. The molecule has 2 N–H and O–H groups in total. The second kappa shape index (κ2) is 6.91. The van der Waals surface area contributed by atoms with Gasteiger partial charge in [-0.25, -0.2) is 5.43 Å². The fraction of sp³-hybridized carbons (Fsp3) is 0.105. The Labute approximate surface area is 140 Å². The topological polar surface area (TPSA) is 70.1 Å². The van der Waals surface area contributed by atoms with Crippen molar-refractivity contribution in [3.05, 3.63) is 77.5 Å². The first-order valence-electron chi connectivity index (χ1n) is 7.67. The summed E-state index contributed by atoms with van der Waals surface area (Å²) in [5.41, 5.74) is 7.23. The van der Waals surface area contributed by atoms with E-state index in [-0.39, 0.29) is 5.91 Å². The molecule has 5 heteroatoms. The third-order valence-corrected chi connectivity index (χ3v) is 3.80. The summed E-state index contributed by atoms with van der Waals surface area (Å²) in [5, 5.41) is 11.2. The Morgan fingerprint density at radius 2 is 1.67 bits per heavy atom. The lowest BCUT2D eigenvalue weighted by Crippen LogP contribution is -2.20. The highest BCUT2D eigenvalue weighted by atomic mass is 16.2. The van der Waals surface area contributed by atoms with Crippen molar-refractivity contribution in [1.29, 1.82) is 0 Å². The summed E-state index contributed by atoms with van der Waals surface area (Å²) in [6, 6.07) is 19.4. The molecule has 0 radical (unpaired) electrons. The molecule has 1 amide bonds. The van der Waals surface area contributed by atoms with E-state index in [0.717, 1.165) is 28.1 Å². The number of carbonyl (C=O) groups is 1. The maximum Gasteiger partial charge on any atom is 0.289 e. The number of H-pyrrole nitrogens is 1. The van der Waals surface area contributed by atoms with Crippen LogP contribution in [0.4, 0.5) is 0 Å². The van der Waals surface area contributed by atoms with Crippen LogP contribution in [0.25, 0.3) is 11.3 Å². The summed E-state index contributed by atoms with van der Waals surface area (Å²) in [6.07, 6.45) is 0. The smallest absolute Gasteiger partial charge is 0.272 e. The highest BCUT2D eigenvalue weighted by Gasteiger charge is 2.16. The third kappa shape index (κ3) is 3.25. The van der Waals surface area contributed by atoms with Gasteiger partial charge in [0.15, 0.2) is 0 Å². The van der Waals surface area contributed by atoms with E-state index in [2.05, 4.69) is 20.7 Å². The maximum absolute atomic E-state index is 12.4. The van der Waals surface area contributed by atoms with Crippen molar-refractivity contribution >= 4 is 11.6 Å². The van der Waals surface area contributed by atoms with Crippen LogP contribution in [0, 0.1) is 6.92 Å². The van der Waals surface area contributed by atoms with Crippen LogP contribution in [-0.2, 0) is 0 Å². The normalized spacial score (nSPS) is 11.3. The minimum Gasteiger partial charge on any atom is -0.272 e. The molecule has 2 aromatic carbocycles. The lowest BCUT2D eigenvalue weighted by Gasteiger charge is -2.03. The highest BCUT2D eigenvalue weighted by molar-refractivity contribution is 6.01. The zero-order valence-electron chi connectivity index (χ0n) is 13.6. The van der Waals surface area contributed by atoms with E-state index in [1.165, 1.54) is 0 Å². The Morgan fingerprint density at radius 3 is 2.33 bits per heavy atom. The Balaban J connectivity index is 1.78. The Kier molecular flexibility index (Phi) is 4.52. The van der Waals surface area contributed by atoms with Crippen LogP contribution in [0.15, 0.2) is 65.8 Å². The van der Waals surface area contributed by atoms with E-state index >= 15 is 0 Å². The summed E-state index contributed by atoms with van der Waals surface area (Å²) in [4.78, 5) is 12.4. The molecule has 0 aliphatic rings. The molecule has 0 aliphatic heterocycles. The van der Waals surface area contributed by atoms with E-state index < -0.39 is 0 Å². The molecule has 0 bridgehead atoms. The van der Waals surface area contributed by atoms with Crippen molar-refractivity contribution in [2.45, 2.75) is 13.8 Å². The molecule has 120 valence electrons. The molecule has 0 aliphatic carbocycles. The molecule has 0 saturated heterocycles. The molecule has 1 aromatic heterocycles. The van der Waals surface area contributed by atoms with Gasteiger partial charge in [-0.1, -0.05) is 60.7 Å². The number of aromatic amines is 1. The van der Waals surface area contributed by atoms with Crippen molar-refractivity contribution < 1.29 is 4.79 Å². The molecule has 0 saturated carbocycles. The first-order valence-corrected chi connectivity index (χ1v) is 7.67. The van der Waals surface area contributed by atoms with Gasteiger partial charge in [0.2, 0.25) is 0 Å². The number of aromatic nitrogens is 2. The molecular weight excluding hydrogens is 300 g/mol. The predicted octanol–water partition coefficient (Wildman–Crippen LogP) is 3.54. The molecular formula is C19H18N4O. The summed E-state index contributed by atoms with van der Waals surface area (Å²) >= 11 is 0. The zero-order chi connectivity index (χ0) is 16.9. The van der Waals surface area contributed by atoms with Gasteiger partial charge in [-0.2, -0.15) is 10.2 Å². The number of nitrogens with one attached hydrogen (secondary N) is 2. The average molecular weight is 318 g/mol. The van der Waals surface area contributed by atoms with E-state index in [1.807, 2.05) is 74.5 Å². The molecule has 3 rings (SSSR count). The number of benzene rings is 2. The summed E-state index contributed by atoms with van der Waals surface area (Å²) in [5.74, 6) is -0.308. The van der Waals surface area contributed by atoms with Gasteiger partial charge in [-0.05, 0) is 19.4 Å².